The summed E-state index contributed by atoms with van der Waals surface area (Å²) in [4.78, 5) is 11.2. The van der Waals surface area contributed by atoms with Crippen molar-refractivity contribution < 1.29 is 14.6 Å². The number of aliphatic hydroxyl groups is 1. The van der Waals surface area contributed by atoms with Crippen molar-refractivity contribution in [3.63, 3.8) is 0 Å². The summed E-state index contributed by atoms with van der Waals surface area (Å²) in [6.45, 7) is 7.84. The van der Waals surface area contributed by atoms with Crippen LogP contribution >= 0.6 is 11.3 Å². The summed E-state index contributed by atoms with van der Waals surface area (Å²) in [5.74, 6) is 0.724. The molecule has 30 heavy (non-hydrogen) atoms. The van der Waals surface area contributed by atoms with Crippen LogP contribution in [-0.4, -0.2) is 60.9 Å². The Morgan fingerprint density at radius 2 is 2.00 bits per heavy atom. The Kier molecular flexibility index (Phi) is 10.2. The van der Waals surface area contributed by atoms with E-state index in [4.69, 9.17) is 9.47 Å². The number of benzene rings is 1. The summed E-state index contributed by atoms with van der Waals surface area (Å²) in [7, 11) is 3.64. The highest BCUT2D eigenvalue weighted by atomic mass is 32.1. The van der Waals surface area contributed by atoms with Gasteiger partial charge < -0.3 is 24.8 Å². The van der Waals surface area contributed by atoms with Gasteiger partial charge in [0.25, 0.3) is 0 Å². The molecule has 8 heteroatoms. The first kappa shape index (κ1) is 24.3. The molecule has 0 radical (unpaired) electrons. The molecule has 0 aliphatic rings. The smallest absolute Gasteiger partial charge is 0.194 e. The highest BCUT2D eigenvalue weighted by Crippen LogP contribution is 2.21. The van der Waals surface area contributed by atoms with Crippen molar-refractivity contribution in [1.29, 1.82) is 0 Å². The van der Waals surface area contributed by atoms with E-state index in [0.29, 0.717) is 6.54 Å². The van der Waals surface area contributed by atoms with Crippen LogP contribution in [0.4, 0.5) is 0 Å². The average Bonchev–Trinajstić information content (AvgIpc) is 3.23. The van der Waals surface area contributed by atoms with Gasteiger partial charge in [-0.3, -0.25) is 4.99 Å². The molecule has 0 bridgehead atoms. The molecule has 0 fully saturated rings. The lowest BCUT2D eigenvalue weighted by Gasteiger charge is -2.22. The first-order valence-electron chi connectivity index (χ1n) is 10.3. The Morgan fingerprint density at radius 3 is 2.67 bits per heavy atom. The SMILES string of the molecule is CCNC(=NCC(O)COC(C)c1ccccc1)N(C)Cc1csc(C(C)OC)n1. The second-order valence-electron chi connectivity index (χ2n) is 7.15. The average molecular weight is 435 g/mol. The van der Waals surface area contributed by atoms with Crippen LogP contribution < -0.4 is 5.32 Å². The molecule has 3 atom stereocenters. The van der Waals surface area contributed by atoms with E-state index in [1.165, 1.54) is 0 Å². The summed E-state index contributed by atoms with van der Waals surface area (Å²) < 4.78 is 11.1. The normalized spacial score (nSPS) is 14.9. The summed E-state index contributed by atoms with van der Waals surface area (Å²) in [5, 5.41) is 16.6. The van der Waals surface area contributed by atoms with E-state index < -0.39 is 6.10 Å². The molecular formula is C22H34N4O3S. The third kappa shape index (κ3) is 7.68. The van der Waals surface area contributed by atoms with E-state index in [2.05, 4.69) is 15.3 Å². The fourth-order valence-electron chi connectivity index (χ4n) is 2.79. The monoisotopic (exact) mass is 434 g/mol. The van der Waals surface area contributed by atoms with Crippen LogP contribution in [0.5, 0.6) is 0 Å². The summed E-state index contributed by atoms with van der Waals surface area (Å²) in [6.07, 6.45) is -0.759. The summed E-state index contributed by atoms with van der Waals surface area (Å²) in [6, 6.07) is 9.98. The number of ether oxygens (including phenoxy) is 2. The second kappa shape index (κ2) is 12.6. The van der Waals surface area contributed by atoms with Crippen LogP contribution in [0, 0.1) is 0 Å². The van der Waals surface area contributed by atoms with E-state index in [9.17, 15) is 5.11 Å². The molecule has 0 amide bonds. The Hall–Kier alpha value is -2.00. The van der Waals surface area contributed by atoms with Gasteiger partial charge in [-0.1, -0.05) is 30.3 Å². The molecule has 166 valence electrons. The van der Waals surface area contributed by atoms with Crippen molar-refractivity contribution >= 4 is 17.3 Å². The van der Waals surface area contributed by atoms with E-state index in [0.717, 1.165) is 28.8 Å². The molecule has 0 saturated heterocycles. The zero-order chi connectivity index (χ0) is 21.9. The lowest BCUT2D eigenvalue weighted by molar-refractivity contribution is 0.00106. The minimum atomic E-state index is -0.674. The number of aliphatic hydroxyl groups excluding tert-OH is 1. The molecule has 2 rings (SSSR count). The molecule has 0 aliphatic carbocycles. The number of nitrogens with zero attached hydrogens (tertiary/aromatic N) is 3. The van der Waals surface area contributed by atoms with Gasteiger partial charge in [0, 0.05) is 26.1 Å². The van der Waals surface area contributed by atoms with Gasteiger partial charge in [0.05, 0.1) is 37.6 Å². The maximum absolute atomic E-state index is 10.3. The van der Waals surface area contributed by atoms with Crippen LogP contribution in [0.2, 0.25) is 0 Å². The van der Waals surface area contributed by atoms with Crippen LogP contribution in [0.15, 0.2) is 40.7 Å². The molecule has 3 unspecified atom stereocenters. The van der Waals surface area contributed by atoms with Crippen molar-refractivity contribution in [2.45, 2.75) is 45.6 Å². The Morgan fingerprint density at radius 1 is 1.27 bits per heavy atom. The van der Waals surface area contributed by atoms with Gasteiger partial charge in [-0.15, -0.1) is 11.3 Å². The maximum atomic E-state index is 10.3. The summed E-state index contributed by atoms with van der Waals surface area (Å²) >= 11 is 1.60. The molecular weight excluding hydrogens is 400 g/mol. The van der Waals surface area contributed by atoms with Gasteiger partial charge >= 0.3 is 0 Å². The van der Waals surface area contributed by atoms with Gasteiger partial charge in [0.1, 0.15) is 11.1 Å². The number of guanidine groups is 1. The lowest BCUT2D eigenvalue weighted by atomic mass is 10.1. The molecule has 1 aromatic heterocycles. The second-order valence-corrected chi connectivity index (χ2v) is 8.04. The van der Waals surface area contributed by atoms with Crippen molar-refractivity contribution in [2.24, 2.45) is 4.99 Å². The zero-order valence-corrected chi connectivity index (χ0v) is 19.4. The fourth-order valence-corrected chi connectivity index (χ4v) is 3.63. The standard InChI is InChI=1S/C22H34N4O3S/c1-6-23-22(26(4)13-19-15-30-21(25-19)17(3)28-5)24-12-20(27)14-29-16(2)18-10-8-7-9-11-18/h7-11,15-17,20,27H,6,12-14H2,1-5H3,(H,23,24). The fraction of sp³-hybridized carbons (Fsp3) is 0.545. The third-order valence-electron chi connectivity index (χ3n) is 4.63. The minimum absolute atomic E-state index is 0.00983. The van der Waals surface area contributed by atoms with E-state index in [1.807, 2.05) is 68.4 Å². The number of nitrogens with one attached hydrogen (secondary N) is 1. The molecule has 1 aromatic carbocycles. The van der Waals surface area contributed by atoms with E-state index in [-0.39, 0.29) is 25.4 Å². The number of thiazole rings is 1. The van der Waals surface area contributed by atoms with Crippen molar-refractivity contribution in [3.05, 3.63) is 52.0 Å². The first-order chi connectivity index (χ1) is 14.4. The van der Waals surface area contributed by atoms with Crippen LogP contribution in [-0.2, 0) is 16.0 Å². The number of rotatable bonds is 11. The molecule has 0 saturated carbocycles. The van der Waals surface area contributed by atoms with E-state index in [1.54, 1.807) is 18.4 Å². The molecule has 0 spiro atoms. The number of hydrogen-bond acceptors (Lipinski definition) is 6. The van der Waals surface area contributed by atoms with Gasteiger partial charge in [-0.2, -0.15) is 0 Å². The van der Waals surface area contributed by atoms with Crippen molar-refractivity contribution in [2.75, 3.05) is 33.9 Å². The van der Waals surface area contributed by atoms with E-state index >= 15 is 0 Å². The van der Waals surface area contributed by atoms with Crippen molar-refractivity contribution in [3.8, 4) is 0 Å². The number of methoxy groups -OCH3 is 1. The van der Waals surface area contributed by atoms with Gasteiger partial charge in [-0.05, 0) is 26.3 Å². The Bertz CT molecular complexity index is 769. The highest BCUT2D eigenvalue weighted by Gasteiger charge is 2.14. The summed E-state index contributed by atoms with van der Waals surface area (Å²) in [5.41, 5.74) is 2.05. The maximum Gasteiger partial charge on any atom is 0.194 e. The quantitative estimate of drug-likeness (QED) is 0.417. The first-order valence-corrected chi connectivity index (χ1v) is 11.1. The largest absolute Gasteiger partial charge is 0.389 e. The third-order valence-corrected chi connectivity index (χ3v) is 5.68. The predicted octanol–water partition coefficient (Wildman–Crippen LogP) is 3.39. The van der Waals surface area contributed by atoms with Gasteiger partial charge in [-0.25, -0.2) is 4.98 Å². The topological polar surface area (TPSA) is 79.2 Å². The van der Waals surface area contributed by atoms with Crippen LogP contribution in [0.25, 0.3) is 0 Å². The van der Waals surface area contributed by atoms with Crippen molar-refractivity contribution in [1.82, 2.24) is 15.2 Å². The molecule has 1 heterocycles. The Labute approximate surface area is 183 Å². The predicted molar refractivity (Wildman–Crippen MR) is 122 cm³/mol. The minimum Gasteiger partial charge on any atom is -0.389 e. The van der Waals surface area contributed by atoms with Crippen LogP contribution in [0.1, 0.15) is 49.2 Å². The van der Waals surface area contributed by atoms with Gasteiger partial charge in [0.15, 0.2) is 5.96 Å². The number of hydrogen-bond donors (Lipinski definition) is 2. The molecule has 0 aliphatic heterocycles. The molecule has 7 nitrogen and oxygen atoms in total. The van der Waals surface area contributed by atoms with Gasteiger partial charge in [0.2, 0.25) is 0 Å². The number of aromatic nitrogens is 1. The zero-order valence-electron chi connectivity index (χ0n) is 18.5. The molecule has 2 aromatic rings. The lowest BCUT2D eigenvalue weighted by Crippen LogP contribution is -2.39. The Balaban J connectivity index is 1.88. The van der Waals surface area contributed by atoms with Crippen LogP contribution in [0.3, 0.4) is 0 Å². The molecule has 2 N–H and O–H groups in total. The number of aliphatic imine (C=N–C) groups is 1. The highest BCUT2D eigenvalue weighted by molar-refractivity contribution is 7.09.